The van der Waals surface area contributed by atoms with Gasteiger partial charge in [0.25, 0.3) is 5.91 Å². The summed E-state index contributed by atoms with van der Waals surface area (Å²) in [5.74, 6) is -1.70. The number of thiophene rings is 1. The van der Waals surface area contributed by atoms with Crippen LogP contribution in [0.15, 0.2) is 41.8 Å². The van der Waals surface area contributed by atoms with E-state index in [1.165, 1.54) is 42.5 Å². The summed E-state index contributed by atoms with van der Waals surface area (Å²) >= 11 is 1.31. The summed E-state index contributed by atoms with van der Waals surface area (Å²) in [4.78, 5) is 36.0. The third-order valence-electron chi connectivity index (χ3n) is 3.14. The van der Waals surface area contributed by atoms with Gasteiger partial charge in [0.05, 0.1) is 11.3 Å². The fraction of sp³-hybridized carbons (Fsp3) is 0.235. The SMILES string of the molecule is C[C@@H](OC(=O)CCC(=O)c1cccs1)C(=O)Nc1ccc(F)cc1. The molecule has 1 amide bonds. The number of hydrogen-bond acceptors (Lipinski definition) is 5. The molecule has 0 aliphatic carbocycles. The summed E-state index contributed by atoms with van der Waals surface area (Å²) in [6.07, 6.45) is -1.07. The minimum atomic E-state index is -1.01. The van der Waals surface area contributed by atoms with E-state index >= 15 is 0 Å². The number of carbonyl (C=O) groups excluding carboxylic acids is 3. The molecule has 1 atom stereocenters. The number of benzene rings is 1. The molecule has 0 aliphatic rings. The molecule has 7 heteroatoms. The highest BCUT2D eigenvalue weighted by Crippen LogP contribution is 2.13. The highest BCUT2D eigenvalue weighted by atomic mass is 32.1. The Bertz CT molecular complexity index is 713. The highest BCUT2D eigenvalue weighted by Gasteiger charge is 2.19. The molecule has 0 fully saturated rings. The van der Waals surface area contributed by atoms with Gasteiger partial charge in [-0.2, -0.15) is 0 Å². The second-order valence-electron chi connectivity index (χ2n) is 5.03. The maximum absolute atomic E-state index is 12.8. The van der Waals surface area contributed by atoms with Crippen LogP contribution >= 0.6 is 11.3 Å². The fourth-order valence-electron chi connectivity index (χ4n) is 1.86. The Morgan fingerprint density at radius 1 is 1.17 bits per heavy atom. The summed E-state index contributed by atoms with van der Waals surface area (Å²) in [7, 11) is 0. The fourth-order valence-corrected chi connectivity index (χ4v) is 2.56. The number of amides is 1. The van der Waals surface area contributed by atoms with Crippen molar-refractivity contribution in [2.45, 2.75) is 25.9 Å². The van der Waals surface area contributed by atoms with Crippen LogP contribution in [0, 0.1) is 5.82 Å². The zero-order chi connectivity index (χ0) is 17.5. The van der Waals surface area contributed by atoms with Gasteiger partial charge in [-0.3, -0.25) is 14.4 Å². The molecule has 0 bridgehead atoms. The van der Waals surface area contributed by atoms with Crippen LogP contribution in [0.4, 0.5) is 10.1 Å². The van der Waals surface area contributed by atoms with E-state index in [1.54, 1.807) is 17.5 Å². The standard InChI is InChI=1S/C17H16FNO4S/c1-11(17(22)19-13-6-4-12(18)5-7-13)23-16(21)9-8-14(20)15-3-2-10-24-15/h2-7,10-11H,8-9H2,1H3,(H,19,22)/t11-/m1/s1. The number of rotatable bonds is 7. The van der Waals surface area contributed by atoms with Crippen molar-refractivity contribution < 1.29 is 23.5 Å². The number of anilines is 1. The van der Waals surface area contributed by atoms with Crippen LogP contribution in [0.1, 0.15) is 29.4 Å². The maximum Gasteiger partial charge on any atom is 0.307 e. The molecule has 126 valence electrons. The van der Waals surface area contributed by atoms with E-state index in [1.807, 2.05) is 0 Å². The van der Waals surface area contributed by atoms with Crippen molar-refractivity contribution in [1.82, 2.24) is 0 Å². The Morgan fingerprint density at radius 3 is 2.50 bits per heavy atom. The number of ether oxygens (including phenoxy) is 1. The number of nitrogens with one attached hydrogen (secondary N) is 1. The third-order valence-corrected chi connectivity index (χ3v) is 4.05. The Hall–Kier alpha value is -2.54. The minimum absolute atomic E-state index is 0.0334. The largest absolute Gasteiger partial charge is 0.453 e. The van der Waals surface area contributed by atoms with Crippen LogP contribution < -0.4 is 5.32 Å². The monoisotopic (exact) mass is 349 g/mol. The number of esters is 1. The van der Waals surface area contributed by atoms with Crippen LogP contribution in [0.5, 0.6) is 0 Å². The normalized spacial score (nSPS) is 11.6. The van der Waals surface area contributed by atoms with Crippen LogP contribution in [-0.2, 0) is 14.3 Å². The lowest BCUT2D eigenvalue weighted by molar-refractivity contribution is -0.153. The van der Waals surface area contributed by atoms with Crippen molar-refractivity contribution in [3.8, 4) is 0 Å². The van der Waals surface area contributed by atoms with Gasteiger partial charge in [-0.1, -0.05) is 6.07 Å². The van der Waals surface area contributed by atoms with Gasteiger partial charge >= 0.3 is 5.97 Å². The van der Waals surface area contributed by atoms with Gasteiger partial charge in [0.2, 0.25) is 0 Å². The summed E-state index contributed by atoms with van der Waals surface area (Å²) in [5, 5.41) is 4.30. The number of Topliss-reactive ketones (excluding diaryl/α,β-unsaturated/α-hetero) is 1. The molecule has 1 N–H and O–H groups in total. The molecule has 2 rings (SSSR count). The first kappa shape index (κ1) is 17.8. The van der Waals surface area contributed by atoms with E-state index in [2.05, 4.69) is 5.32 Å². The lowest BCUT2D eigenvalue weighted by Crippen LogP contribution is -2.30. The van der Waals surface area contributed by atoms with E-state index < -0.39 is 23.8 Å². The zero-order valence-corrected chi connectivity index (χ0v) is 13.8. The smallest absolute Gasteiger partial charge is 0.307 e. The molecule has 2 aromatic rings. The lowest BCUT2D eigenvalue weighted by Gasteiger charge is -2.13. The van der Waals surface area contributed by atoms with Crippen molar-refractivity contribution in [3.05, 3.63) is 52.5 Å². The molecule has 0 radical (unpaired) electrons. The van der Waals surface area contributed by atoms with Gasteiger partial charge in [-0.25, -0.2) is 4.39 Å². The van der Waals surface area contributed by atoms with Crippen molar-refractivity contribution in [1.29, 1.82) is 0 Å². The molecule has 0 spiro atoms. The van der Waals surface area contributed by atoms with Gasteiger partial charge < -0.3 is 10.1 Å². The average Bonchev–Trinajstić information content (AvgIpc) is 3.09. The van der Waals surface area contributed by atoms with Crippen molar-refractivity contribution in [2.24, 2.45) is 0 Å². The number of halogens is 1. The lowest BCUT2D eigenvalue weighted by atomic mass is 10.2. The quantitative estimate of drug-likeness (QED) is 0.614. The number of hydrogen-bond donors (Lipinski definition) is 1. The first-order valence-electron chi connectivity index (χ1n) is 7.28. The number of ketones is 1. The van der Waals surface area contributed by atoms with Gasteiger partial charge in [-0.05, 0) is 42.6 Å². The highest BCUT2D eigenvalue weighted by molar-refractivity contribution is 7.12. The van der Waals surface area contributed by atoms with Crippen molar-refractivity contribution in [3.63, 3.8) is 0 Å². The molecule has 24 heavy (non-hydrogen) atoms. The Balaban J connectivity index is 1.77. The Labute approximate surface area is 142 Å². The number of carbonyl (C=O) groups is 3. The second-order valence-corrected chi connectivity index (χ2v) is 5.98. The first-order chi connectivity index (χ1) is 11.5. The molecule has 1 aromatic carbocycles. The average molecular weight is 349 g/mol. The zero-order valence-electron chi connectivity index (χ0n) is 13.0. The predicted molar refractivity (Wildman–Crippen MR) is 88.5 cm³/mol. The van der Waals surface area contributed by atoms with E-state index in [0.29, 0.717) is 10.6 Å². The van der Waals surface area contributed by atoms with Gasteiger partial charge in [0.15, 0.2) is 11.9 Å². The third kappa shape index (κ3) is 5.27. The topological polar surface area (TPSA) is 72.5 Å². The molecular formula is C17H16FNO4S. The predicted octanol–water partition coefficient (Wildman–Crippen LogP) is 3.42. The molecule has 1 aromatic heterocycles. The Kier molecular flexibility index (Phi) is 6.20. The summed E-state index contributed by atoms with van der Waals surface area (Å²) in [6.45, 7) is 1.43. The van der Waals surface area contributed by atoms with Crippen molar-refractivity contribution >= 4 is 34.7 Å². The van der Waals surface area contributed by atoms with E-state index in [-0.39, 0.29) is 18.6 Å². The first-order valence-corrected chi connectivity index (χ1v) is 8.16. The second kappa shape index (κ2) is 8.35. The van der Waals surface area contributed by atoms with Crippen LogP contribution in [0.2, 0.25) is 0 Å². The molecule has 0 saturated carbocycles. The molecule has 0 aliphatic heterocycles. The van der Waals surface area contributed by atoms with E-state index in [4.69, 9.17) is 4.74 Å². The van der Waals surface area contributed by atoms with E-state index in [9.17, 15) is 18.8 Å². The maximum atomic E-state index is 12.8. The van der Waals surface area contributed by atoms with Gasteiger partial charge in [0.1, 0.15) is 5.82 Å². The van der Waals surface area contributed by atoms with E-state index in [0.717, 1.165) is 0 Å². The molecule has 0 unspecified atom stereocenters. The van der Waals surface area contributed by atoms with Gasteiger partial charge in [-0.15, -0.1) is 11.3 Å². The summed E-state index contributed by atoms with van der Waals surface area (Å²) < 4.78 is 17.8. The Morgan fingerprint density at radius 2 is 1.88 bits per heavy atom. The molecule has 1 heterocycles. The van der Waals surface area contributed by atoms with Crippen molar-refractivity contribution in [2.75, 3.05) is 5.32 Å². The minimum Gasteiger partial charge on any atom is -0.453 e. The molecule has 0 saturated heterocycles. The van der Waals surface area contributed by atoms with Crippen LogP contribution in [0.3, 0.4) is 0 Å². The van der Waals surface area contributed by atoms with Crippen LogP contribution in [0.25, 0.3) is 0 Å². The summed E-state index contributed by atoms with van der Waals surface area (Å²) in [5.41, 5.74) is 0.400. The molecule has 5 nitrogen and oxygen atoms in total. The van der Waals surface area contributed by atoms with Crippen LogP contribution in [-0.4, -0.2) is 23.8 Å². The summed E-state index contributed by atoms with van der Waals surface area (Å²) in [6, 6.07) is 8.68. The molecular weight excluding hydrogens is 333 g/mol. The van der Waals surface area contributed by atoms with Gasteiger partial charge in [0, 0.05) is 12.1 Å².